The number of hydrogen-bond acceptors (Lipinski definition) is 4. The van der Waals surface area contributed by atoms with Gasteiger partial charge in [-0.05, 0) is 54.2 Å². The number of fused-ring (bicyclic) bond motifs is 1. The SMILES string of the molecule is CC(=O)NCc1cccc(-c2ccc3ncc(N4CCCCC4)nc3c2)c1. The van der Waals surface area contributed by atoms with Gasteiger partial charge in [-0.15, -0.1) is 0 Å². The highest BCUT2D eigenvalue weighted by atomic mass is 16.1. The van der Waals surface area contributed by atoms with E-state index in [1.54, 1.807) is 0 Å². The lowest BCUT2D eigenvalue weighted by Gasteiger charge is -2.27. The van der Waals surface area contributed by atoms with E-state index in [9.17, 15) is 4.79 Å². The number of amides is 1. The smallest absolute Gasteiger partial charge is 0.217 e. The van der Waals surface area contributed by atoms with Crippen LogP contribution in [0.3, 0.4) is 0 Å². The number of nitrogens with one attached hydrogen (secondary N) is 1. The van der Waals surface area contributed by atoms with Crippen molar-refractivity contribution >= 4 is 22.8 Å². The van der Waals surface area contributed by atoms with Crippen molar-refractivity contribution in [1.29, 1.82) is 0 Å². The first kappa shape index (κ1) is 17.5. The zero-order chi connectivity index (χ0) is 18.6. The Morgan fingerprint density at radius 2 is 1.85 bits per heavy atom. The topological polar surface area (TPSA) is 58.1 Å². The van der Waals surface area contributed by atoms with Crippen LogP contribution in [0.2, 0.25) is 0 Å². The highest BCUT2D eigenvalue weighted by molar-refractivity contribution is 5.82. The minimum absolute atomic E-state index is 0.0216. The summed E-state index contributed by atoms with van der Waals surface area (Å²) in [5.41, 5.74) is 5.13. The van der Waals surface area contributed by atoms with E-state index in [1.165, 1.54) is 26.2 Å². The van der Waals surface area contributed by atoms with Crippen LogP contribution in [0.5, 0.6) is 0 Å². The summed E-state index contributed by atoms with van der Waals surface area (Å²) >= 11 is 0. The molecule has 3 aromatic rings. The molecule has 1 aliphatic rings. The number of anilines is 1. The third-order valence-corrected chi connectivity index (χ3v) is 5.01. The molecule has 1 aliphatic heterocycles. The normalized spacial score (nSPS) is 14.3. The summed E-state index contributed by atoms with van der Waals surface area (Å²) in [5.74, 6) is 0.949. The minimum Gasteiger partial charge on any atom is -0.355 e. The zero-order valence-electron chi connectivity index (χ0n) is 15.6. The summed E-state index contributed by atoms with van der Waals surface area (Å²) in [6.07, 6.45) is 5.64. The lowest BCUT2D eigenvalue weighted by molar-refractivity contribution is -0.119. The van der Waals surface area contributed by atoms with Gasteiger partial charge in [0.2, 0.25) is 5.91 Å². The van der Waals surface area contributed by atoms with Crippen LogP contribution in [-0.2, 0) is 11.3 Å². The molecule has 0 spiro atoms. The van der Waals surface area contributed by atoms with Crippen molar-refractivity contribution in [2.45, 2.75) is 32.7 Å². The molecule has 27 heavy (non-hydrogen) atoms. The first-order valence-electron chi connectivity index (χ1n) is 9.54. The summed E-state index contributed by atoms with van der Waals surface area (Å²) < 4.78 is 0. The lowest BCUT2D eigenvalue weighted by Crippen LogP contribution is -2.30. The van der Waals surface area contributed by atoms with Crippen molar-refractivity contribution in [2.24, 2.45) is 0 Å². The van der Waals surface area contributed by atoms with Crippen LogP contribution in [0.25, 0.3) is 22.2 Å². The number of aromatic nitrogens is 2. The van der Waals surface area contributed by atoms with Crippen molar-refractivity contribution in [3.05, 3.63) is 54.2 Å². The van der Waals surface area contributed by atoms with Crippen molar-refractivity contribution < 1.29 is 4.79 Å². The number of nitrogens with zero attached hydrogens (tertiary/aromatic N) is 3. The molecule has 0 unspecified atom stereocenters. The summed E-state index contributed by atoms with van der Waals surface area (Å²) in [5, 5.41) is 2.85. The van der Waals surface area contributed by atoms with E-state index < -0.39 is 0 Å². The Hall–Kier alpha value is -2.95. The molecule has 5 heteroatoms. The number of carbonyl (C=O) groups is 1. The van der Waals surface area contributed by atoms with Gasteiger partial charge in [-0.3, -0.25) is 9.78 Å². The molecule has 1 aromatic heterocycles. The van der Waals surface area contributed by atoms with Gasteiger partial charge in [-0.25, -0.2) is 4.98 Å². The van der Waals surface area contributed by atoms with Gasteiger partial charge in [-0.2, -0.15) is 0 Å². The average molecular weight is 360 g/mol. The number of carbonyl (C=O) groups excluding carboxylic acids is 1. The molecule has 2 aromatic carbocycles. The number of rotatable bonds is 4. The third-order valence-electron chi connectivity index (χ3n) is 5.01. The van der Waals surface area contributed by atoms with E-state index in [0.29, 0.717) is 6.54 Å². The Morgan fingerprint density at radius 1 is 1.04 bits per heavy atom. The Bertz CT molecular complexity index is 963. The molecule has 2 heterocycles. The number of benzene rings is 2. The van der Waals surface area contributed by atoms with E-state index in [2.05, 4.69) is 39.5 Å². The molecule has 138 valence electrons. The van der Waals surface area contributed by atoms with Crippen LogP contribution < -0.4 is 10.2 Å². The Kier molecular flexibility index (Phi) is 5.01. The number of hydrogen-bond donors (Lipinski definition) is 1. The Balaban J connectivity index is 1.64. The molecule has 0 bridgehead atoms. The van der Waals surface area contributed by atoms with Gasteiger partial charge >= 0.3 is 0 Å². The molecule has 1 fully saturated rings. The van der Waals surface area contributed by atoms with Gasteiger partial charge in [0.25, 0.3) is 0 Å². The largest absolute Gasteiger partial charge is 0.355 e. The summed E-state index contributed by atoms with van der Waals surface area (Å²) in [6.45, 7) is 4.19. The standard InChI is InChI=1S/C22H24N4O/c1-16(27)23-14-17-6-5-7-18(12-17)19-8-9-20-21(13-19)25-22(15-24-20)26-10-3-2-4-11-26/h5-9,12-13,15H,2-4,10-11,14H2,1H3,(H,23,27). The fourth-order valence-corrected chi connectivity index (χ4v) is 3.54. The third kappa shape index (κ3) is 4.08. The van der Waals surface area contributed by atoms with Gasteiger partial charge in [-0.1, -0.05) is 24.3 Å². The lowest BCUT2D eigenvalue weighted by atomic mass is 10.0. The molecule has 0 atom stereocenters. The average Bonchev–Trinajstić information content (AvgIpc) is 2.72. The molecule has 0 saturated carbocycles. The molecule has 5 nitrogen and oxygen atoms in total. The molecule has 0 aliphatic carbocycles. The van der Waals surface area contributed by atoms with E-state index in [-0.39, 0.29) is 5.91 Å². The fourth-order valence-electron chi connectivity index (χ4n) is 3.54. The number of piperidine rings is 1. The molecule has 4 rings (SSSR count). The second-order valence-corrected chi connectivity index (χ2v) is 7.09. The van der Waals surface area contributed by atoms with E-state index in [0.717, 1.165) is 46.6 Å². The summed E-state index contributed by atoms with van der Waals surface area (Å²) in [6, 6.07) is 14.4. The van der Waals surface area contributed by atoms with Gasteiger partial charge in [0.05, 0.1) is 17.2 Å². The van der Waals surface area contributed by atoms with E-state index >= 15 is 0 Å². The molecule has 1 saturated heterocycles. The molecule has 1 N–H and O–H groups in total. The second kappa shape index (κ2) is 7.74. The maximum Gasteiger partial charge on any atom is 0.217 e. The van der Waals surface area contributed by atoms with Crippen LogP contribution in [0.1, 0.15) is 31.7 Å². The fraction of sp³-hybridized carbons (Fsp3) is 0.318. The first-order chi connectivity index (χ1) is 13.2. The van der Waals surface area contributed by atoms with Crippen LogP contribution in [0.4, 0.5) is 5.82 Å². The highest BCUT2D eigenvalue weighted by Crippen LogP contribution is 2.25. The van der Waals surface area contributed by atoms with Crippen LogP contribution in [0.15, 0.2) is 48.7 Å². The van der Waals surface area contributed by atoms with Crippen LogP contribution >= 0.6 is 0 Å². The molecule has 1 amide bonds. The molecular weight excluding hydrogens is 336 g/mol. The maximum atomic E-state index is 11.2. The van der Waals surface area contributed by atoms with Crippen molar-refractivity contribution in [3.8, 4) is 11.1 Å². The van der Waals surface area contributed by atoms with Gasteiger partial charge in [0, 0.05) is 26.6 Å². The Morgan fingerprint density at radius 3 is 2.67 bits per heavy atom. The quantitative estimate of drug-likeness (QED) is 0.766. The molecular formula is C22H24N4O. The van der Waals surface area contributed by atoms with Crippen LogP contribution in [-0.4, -0.2) is 29.0 Å². The summed E-state index contributed by atoms with van der Waals surface area (Å²) in [7, 11) is 0. The monoisotopic (exact) mass is 360 g/mol. The minimum atomic E-state index is -0.0216. The van der Waals surface area contributed by atoms with Crippen molar-refractivity contribution in [2.75, 3.05) is 18.0 Å². The molecule has 0 radical (unpaired) electrons. The van der Waals surface area contributed by atoms with Gasteiger partial charge in [0.1, 0.15) is 5.82 Å². The predicted molar refractivity (Wildman–Crippen MR) is 109 cm³/mol. The van der Waals surface area contributed by atoms with Crippen molar-refractivity contribution in [1.82, 2.24) is 15.3 Å². The predicted octanol–water partition coefficient (Wildman–Crippen LogP) is 3.92. The first-order valence-corrected chi connectivity index (χ1v) is 9.54. The zero-order valence-corrected chi connectivity index (χ0v) is 15.6. The van der Waals surface area contributed by atoms with Gasteiger partial charge < -0.3 is 10.2 Å². The maximum absolute atomic E-state index is 11.2. The van der Waals surface area contributed by atoms with Gasteiger partial charge in [0.15, 0.2) is 0 Å². The van der Waals surface area contributed by atoms with Crippen molar-refractivity contribution in [3.63, 3.8) is 0 Å². The highest BCUT2D eigenvalue weighted by Gasteiger charge is 2.13. The van der Waals surface area contributed by atoms with Crippen LogP contribution in [0, 0.1) is 0 Å². The Labute approximate surface area is 159 Å². The second-order valence-electron chi connectivity index (χ2n) is 7.09. The van der Waals surface area contributed by atoms with E-state index in [4.69, 9.17) is 4.98 Å². The van der Waals surface area contributed by atoms with E-state index in [1.807, 2.05) is 24.4 Å². The summed E-state index contributed by atoms with van der Waals surface area (Å²) in [4.78, 5) is 23.0.